The van der Waals surface area contributed by atoms with E-state index in [1.807, 2.05) is 18.2 Å². The number of ketones is 1. The van der Waals surface area contributed by atoms with Gasteiger partial charge in [-0.1, -0.05) is 24.3 Å². The van der Waals surface area contributed by atoms with Crippen LogP contribution in [-0.4, -0.2) is 10.7 Å². The molecule has 0 radical (unpaired) electrons. The van der Waals surface area contributed by atoms with Gasteiger partial charge < -0.3 is 5.73 Å². The number of benzene rings is 2. The van der Waals surface area contributed by atoms with Crippen LogP contribution in [0, 0.1) is 21.4 Å². The highest BCUT2D eigenvalue weighted by Crippen LogP contribution is 2.22. The monoisotopic (exact) mass is 309 g/mol. The molecule has 0 fully saturated rings. The molecule has 2 N–H and O–H groups in total. The van der Waals surface area contributed by atoms with Crippen molar-refractivity contribution in [2.45, 2.75) is 18.9 Å². The quantitative estimate of drug-likeness (QED) is 0.501. The number of Topliss-reactive ketones (excluding diaryl/α,β-unsaturated/α-hetero) is 1. The molecule has 23 heavy (non-hydrogen) atoms. The van der Waals surface area contributed by atoms with Gasteiger partial charge >= 0.3 is 0 Å². The van der Waals surface area contributed by atoms with Crippen LogP contribution >= 0.6 is 0 Å². The predicted octanol–water partition coefficient (Wildman–Crippen LogP) is 2.93. The fourth-order valence-corrected chi connectivity index (χ4v) is 2.34. The molecule has 0 saturated heterocycles. The lowest BCUT2D eigenvalue weighted by molar-refractivity contribution is -0.384. The smallest absolute Gasteiger partial charge is 0.269 e. The highest BCUT2D eigenvalue weighted by Gasteiger charge is 2.17. The Labute approximate surface area is 133 Å². The minimum atomic E-state index is -0.526. The molecule has 0 bridgehead atoms. The number of carbonyl (C=O) groups excluding carboxylic acids is 1. The number of hydrogen-bond acceptors (Lipinski definition) is 5. The van der Waals surface area contributed by atoms with Gasteiger partial charge in [-0.2, -0.15) is 5.26 Å². The van der Waals surface area contributed by atoms with E-state index in [4.69, 9.17) is 11.0 Å². The molecular formula is C17H15N3O3. The third-order valence-electron chi connectivity index (χ3n) is 3.53. The molecule has 0 heterocycles. The molecule has 1 atom stereocenters. The van der Waals surface area contributed by atoms with Crippen molar-refractivity contribution in [2.24, 2.45) is 5.73 Å². The molecule has 2 rings (SSSR count). The van der Waals surface area contributed by atoms with E-state index in [1.54, 1.807) is 6.07 Å². The van der Waals surface area contributed by atoms with Crippen molar-refractivity contribution < 1.29 is 9.72 Å². The van der Waals surface area contributed by atoms with Crippen LogP contribution in [0.2, 0.25) is 0 Å². The summed E-state index contributed by atoms with van der Waals surface area (Å²) >= 11 is 0. The van der Waals surface area contributed by atoms with Gasteiger partial charge in [-0.25, -0.2) is 0 Å². The zero-order valence-corrected chi connectivity index (χ0v) is 12.3. The molecule has 0 aliphatic heterocycles. The summed E-state index contributed by atoms with van der Waals surface area (Å²) in [7, 11) is 0. The van der Waals surface area contributed by atoms with Crippen molar-refractivity contribution in [2.75, 3.05) is 0 Å². The van der Waals surface area contributed by atoms with Gasteiger partial charge in [-0.15, -0.1) is 0 Å². The number of nitrogens with two attached hydrogens (primary N) is 1. The highest BCUT2D eigenvalue weighted by atomic mass is 16.6. The molecule has 1 unspecified atom stereocenters. The van der Waals surface area contributed by atoms with Gasteiger partial charge in [0.25, 0.3) is 5.69 Å². The minimum Gasteiger partial charge on any atom is -0.324 e. The van der Waals surface area contributed by atoms with E-state index >= 15 is 0 Å². The minimum absolute atomic E-state index is 0.0646. The van der Waals surface area contributed by atoms with Gasteiger partial charge in [0.05, 0.1) is 17.4 Å². The zero-order chi connectivity index (χ0) is 16.8. The Hall–Kier alpha value is -3.04. The van der Waals surface area contributed by atoms with Crippen LogP contribution in [0.15, 0.2) is 48.5 Å². The lowest BCUT2D eigenvalue weighted by atomic mass is 9.94. The van der Waals surface area contributed by atoms with Gasteiger partial charge in [0.1, 0.15) is 0 Å². The summed E-state index contributed by atoms with van der Waals surface area (Å²) in [6, 6.07) is 14.2. The van der Waals surface area contributed by atoms with E-state index in [9.17, 15) is 14.9 Å². The van der Waals surface area contributed by atoms with Crippen molar-refractivity contribution in [3.63, 3.8) is 0 Å². The summed E-state index contributed by atoms with van der Waals surface area (Å²) in [5.74, 6) is -0.195. The average molecular weight is 309 g/mol. The van der Waals surface area contributed by atoms with Gasteiger partial charge in [0.15, 0.2) is 5.78 Å². The zero-order valence-electron chi connectivity index (χ0n) is 12.3. The summed E-state index contributed by atoms with van der Waals surface area (Å²) in [5.41, 5.74) is 7.99. The number of nitrogens with zero attached hydrogens (tertiary/aromatic N) is 2. The number of nitro groups is 1. The fourth-order valence-electron chi connectivity index (χ4n) is 2.34. The van der Waals surface area contributed by atoms with Gasteiger partial charge in [-0.05, 0) is 23.3 Å². The Morgan fingerprint density at radius 2 is 1.87 bits per heavy atom. The highest BCUT2D eigenvalue weighted by molar-refractivity contribution is 5.96. The Balaban J connectivity index is 2.14. The van der Waals surface area contributed by atoms with Crippen LogP contribution < -0.4 is 5.73 Å². The van der Waals surface area contributed by atoms with Crippen molar-refractivity contribution in [3.05, 3.63) is 75.3 Å². The summed E-state index contributed by atoms with van der Waals surface area (Å²) in [5, 5.41) is 19.5. The van der Waals surface area contributed by atoms with E-state index in [-0.39, 0.29) is 24.3 Å². The molecule has 6 heteroatoms. The molecule has 0 aliphatic carbocycles. The maximum Gasteiger partial charge on any atom is 0.269 e. The first-order valence-electron chi connectivity index (χ1n) is 7.01. The summed E-state index contributed by atoms with van der Waals surface area (Å²) in [4.78, 5) is 22.4. The van der Waals surface area contributed by atoms with E-state index in [0.717, 1.165) is 11.1 Å². The van der Waals surface area contributed by atoms with E-state index in [1.165, 1.54) is 24.3 Å². The van der Waals surface area contributed by atoms with Crippen molar-refractivity contribution in [3.8, 4) is 6.07 Å². The standard InChI is InChI=1S/C17H15N3O3/c18-10-9-12-3-1-2-4-15(12)16(19)11-17(21)13-5-7-14(8-6-13)20(22)23/h1-8,16H,9,11,19H2. The first-order valence-corrected chi connectivity index (χ1v) is 7.01. The molecule has 0 amide bonds. The van der Waals surface area contributed by atoms with Crippen LogP contribution in [0.4, 0.5) is 5.69 Å². The van der Waals surface area contributed by atoms with Crippen molar-refractivity contribution in [1.29, 1.82) is 5.26 Å². The average Bonchev–Trinajstić information content (AvgIpc) is 2.55. The number of nitro benzene ring substituents is 1. The molecule has 0 aromatic heterocycles. The van der Waals surface area contributed by atoms with Gasteiger partial charge in [0, 0.05) is 30.2 Å². The first-order chi connectivity index (χ1) is 11.0. The van der Waals surface area contributed by atoms with Gasteiger partial charge in [-0.3, -0.25) is 14.9 Å². The van der Waals surface area contributed by atoms with Crippen LogP contribution in [0.1, 0.15) is 33.9 Å². The Morgan fingerprint density at radius 1 is 1.22 bits per heavy atom. The summed E-state index contributed by atoms with van der Waals surface area (Å²) in [6.45, 7) is 0. The second kappa shape index (κ2) is 7.29. The van der Waals surface area contributed by atoms with Crippen LogP contribution in [0.5, 0.6) is 0 Å². The maximum absolute atomic E-state index is 12.3. The van der Waals surface area contributed by atoms with Crippen molar-refractivity contribution in [1.82, 2.24) is 0 Å². The third-order valence-corrected chi connectivity index (χ3v) is 3.53. The largest absolute Gasteiger partial charge is 0.324 e. The van der Waals surface area contributed by atoms with E-state index in [0.29, 0.717) is 5.56 Å². The molecule has 0 spiro atoms. The lowest BCUT2D eigenvalue weighted by Gasteiger charge is -2.14. The SMILES string of the molecule is N#CCc1ccccc1C(N)CC(=O)c1ccc([N+](=O)[O-])cc1. The number of nitriles is 1. The summed E-state index contributed by atoms with van der Waals surface area (Å²) < 4.78 is 0. The predicted molar refractivity (Wildman–Crippen MR) is 84.7 cm³/mol. The van der Waals surface area contributed by atoms with E-state index in [2.05, 4.69) is 6.07 Å². The van der Waals surface area contributed by atoms with Crippen LogP contribution in [0.3, 0.4) is 0 Å². The normalized spacial score (nSPS) is 11.5. The van der Waals surface area contributed by atoms with E-state index < -0.39 is 11.0 Å². The molecule has 0 aliphatic rings. The topological polar surface area (TPSA) is 110 Å². The van der Waals surface area contributed by atoms with Crippen LogP contribution in [-0.2, 0) is 6.42 Å². The Morgan fingerprint density at radius 3 is 2.48 bits per heavy atom. The Kier molecular flexibility index (Phi) is 5.18. The molecule has 2 aromatic rings. The molecule has 116 valence electrons. The first kappa shape index (κ1) is 16.3. The maximum atomic E-state index is 12.3. The lowest BCUT2D eigenvalue weighted by Crippen LogP contribution is -2.17. The molecule has 6 nitrogen and oxygen atoms in total. The van der Waals surface area contributed by atoms with Crippen molar-refractivity contribution >= 4 is 11.5 Å². The molecule has 2 aromatic carbocycles. The number of hydrogen-bond donors (Lipinski definition) is 1. The van der Waals surface area contributed by atoms with Crippen LogP contribution in [0.25, 0.3) is 0 Å². The fraction of sp³-hybridized carbons (Fsp3) is 0.176. The van der Waals surface area contributed by atoms with Gasteiger partial charge in [0.2, 0.25) is 0 Å². The number of non-ortho nitro benzene ring substituents is 1. The third kappa shape index (κ3) is 3.99. The second-order valence-corrected chi connectivity index (χ2v) is 5.07. The second-order valence-electron chi connectivity index (χ2n) is 5.07. The Bertz CT molecular complexity index is 763. The summed E-state index contributed by atoms with van der Waals surface area (Å²) in [6.07, 6.45) is 0.301. The number of rotatable bonds is 6. The molecule has 0 saturated carbocycles. The molecular weight excluding hydrogens is 294 g/mol. The number of carbonyl (C=O) groups is 1.